The third-order valence-corrected chi connectivity index (χ3v) is 4.72. The van der Waals surface area contributed by atoms with Gasteiger partial charge in [-0.2, -0.15) is 0 Å². The lowest BCUT2D eigenvalue weighted by molar-refractivity contribution is -0.138. The van der Waals surface area contributed by atoms with Crippen LogP contribution >= 0.6 is 0 Å². The lowest BCUT2D eigenvalue weighted by Gasteiger charge is -2.32. The average Bonchev–Trinajstić information content (AvgIpc) is 3.26. The van der Waals surface area contributed by atoms with Crippen molar-refractivity contribution in [2.24, 2.45) is 5.41 Å². The van der Waals surface area contributed by atoms with E-state index in [1.165, 1.54) is 12.8 Å². The van der Waals surface area contributed by atoms with Gasteiger partial charge in [0.25, 0.3) is 0 Å². The lowest BCUT2D eigenvalue weighted by Crippen LogP contribution is -2.47. The van der Waals surface area contributed by atoms with Gasteiger partial charge < -0.3 is 20.1 Å². The second kappa shape index (κ2) is 7.11. The Morgan fingerprint density at radius 2 is 2.00 bits per heavy atom. The predicted molar refractivity (Wildman–Crippen MR) is 78.2 cm³/mol. The zero-order valence-electron chi connectivity index (χ0n) is 12.8. The quantitative estimate of drug-likeness (QED) is 0.751. The highest BCUT2D eigenvalue weighted by Gasteiger charge is 2.41. The minimum Gasteiger partial charge on any atom is -0.481 e. The fourth-order valence-corrected chi connectivity index (χ4v) is 2.75. The maximum Gasteiger partial charge on any atom is 0.317 e. The van der Waals surface area contributed by atoms with Gasteiger partial charge in [0.2, 0.25) is 0 Å². The van der Waals surface area contributed by atoms with Crippen molar-refractivity contribution in [2.45, 2.75) is 51.6 Å². The number of rotatable bonds is 7. The zero-order valence-corrected chi connectivity index (χ0v) is 12.8. The molecule has 1 heterocycles. The molecule has 2 N–H and O–H groups in total. The largest absolute Gasteiger partial charge is 0.481 e. The molecular formula is C15H26N2O4. The van der Waals surface area contributed by atoms with Gasteiger partial charge in [0.05, 0.1) is 19.1 Å². The van der Waals surface area contributed by atoms with Crippen LogP contribution in [0.25, 0.3) is 0 Å². The normalized spacial score (nSPS) is 21.1. The Bertz CT molecular complexity index is 374. The van der Waals surface area contributed by atoms with Crippen molar-refractivity contribution in [1.29, 1.82) is 0 Å². The first kappa shape index (κ1) is 16.1. The molecule has 1 aliphatic carbocycles. The zero-order chi connectivity index (χ0) is 15.3. The van der Waals surface area contributed by atoms with Crippen molar-refractivity contribution in [3.63, 3.8) is 0 Å². The second-order valence-electron chi connectivity index (χ2n) is 6.21. The van der Waals surface area contributed by atoms with E-state index in [1.807, 2.05) is 4.90 Å². The van der Waals surface area contributed by atoms with Gasteiger partial charge in [-0.05, 0) is 37.5 Å². The number of carbonyl (C=O) groups is 2. The van der Waals surface area contributed by atoms with Crippen LogP contribution in [0.1, 0.15) is 45.4 Å². The number of nitrogens with one attached hydrogen (secondary N) is 1. The number of nitrogens with zero attached hydrogens (tertiary/aromatic N) is 1. The molecule has 21 heavy (non-hydrogen) atoms. The molecule has 0 atom stereocenters. The average molecular weight is 298 g/mol. The topological polar surface area (TPSA) is 78.9 Å². The van der Waals surface area contributed by atoms with Crippen LogP contribution < -0.4 is 5.32 Å². The Kier molecular flexibility index (Phi) is 5.45. The minimum absolute atomic E-state index is 0.0266. The van der Waals surface area contributed by atoms with E-state index in [0.717, 1.165) is 25.8 Å². The van der Waals surface area contributed by atoms with Crippen LogP contribution in [-0.4, -0.2) is 54.4 Å². The van der Waals surface area contributed by atoms with Crippen LogP contribution in [0.3, 0.4) is 0 Å². The molecule has 6 nitrogen and oxygen atoms in total. The van der Waals surface area contributed by atoms with Crippen LogP contribution in [0.2, 0.25) is 0 Å². The van der Waals surface area contributed by atoms with Crippen molar-refractivity contribution in [3.8, 4) is 0 Å². The highest BCUT2D eigenvalue weighted by atomic mass is 16.5. The summed E-state index contributed by atoms with van der Waals surface area (Å²) in [5, 5.41) is 11.6. The van der Waals surface area contributed by atoms with E-state index in [-0.39, 0.29) is 25.2 Å². The number of ether oxygens (including phenoxy) is 1. The number of likely N-dealkylation sites (tertiary alicyclic amines) is 1. The molecule has 0 bridgehead atoms. The van der Waals surface area contributed by atoms with Crippen molar-refractivity contribution in [2.75, 3.05) is 26.2 Å². The molecule has 0 aromatic rings. The highest BCUT2D eigenvalue weighted by molar-refractivity contribution is 5.74. The Balaban J connectivity index is 1.61. The first-order valence-electron chi connectivity index (χ1n) is 7.91. The van der Waals surface area contributed by atoms with E-state index in [0.29, 0.717) is 18.5 Å². The monoisotopic (exact) mass is 298 g/mol. The Hall–Kier alpha value is -1.30. The molecule has 0 radical (unpaired) electrons. The molecule has 1 saturated heterocycles. The van der Waals surface area contributed by atoms with Crippen LogP contribution in [0.4, 0.5) is 4.79 Å². The number of carboxylic acids is 1. The molecule has 120 valence electrons. The highest BCUT2D eigenvalue weighted by Crippen LogP contribution is 2.47. The van der Waals surface area contributed by atoms with Gasteiger partial charge in [-0.1, -0.05) is 6.92 Å². The molecule has 0 aromatic heterocycles. The summed E-state index contributed by atoms with van der Waals surface area (Å²) >= 11 is 0. The molecule has 1 aliphatic heterocycles. The summed E-state index contributed by atoms with van der Waals surface area (Å²) in [7, 11) is 0. The first-order valence-corrected chi connectivity index (χ1v) is 7.91. The van der Waals surface area contributed by atoms with Crippen LogP contribution in [0.15, 0.2) is 0 Å². The van der Waals surface area contributed by atoms with E-state index in [2.05, 4.69) is 12.2 Å². The molecule has 0 spiro atoms. The second-order valence-corrected chi connectivity index (χ2v) is 6.21. The van der Waals surface area contributed by atoms with Crippen LogP contribution in [0.5, 0.6) is 0 Å². The van der Waals surface area contributed by atoms with E-state index in [9.17, 15) is 9.59 Å². The molecule has 2 aliphatic rings. The van der Waals surface area contributed by atoms with Crippen LogP contribution in [0, 0.1) is 5.41 Å². The number of hydrogen-bond donors (Lipinski definition) is 2. The number of aliphatic carboxylic acids is 1. The Labute approximate surface area is 125 Å². The summed E-state index contributed by atoms with van der Waals surface area (Å²) in [5.41, 5.74) is 0.369. The summed E-state index contributed by atoms with van der Waals surface area (Å²) in [5.74, 6) is -0.836. The number of piperidine rings is 1. The van der Waals surface area contributed by atoms with E-state index in [4.69, 9.17) is 9.84 Å². The van der Waals surface area contributed by atoms with Crippen molar-refractivity contribution in [1.82, 2.24) is 10.2 Å². The van der Waals surface area contributed by atoms with Crippen molar-refractivity contribution in [3.05, 3.63) is 0 Å². The Morgan fingerprint density at radius 3 is 2.52 bits per heavy atom. The maximum atomic E-state index is 12.1. The molecule has 2 fully saturated rings. The van der Waals surface area contributed by atoms with Crippen molar-refractivity contribution < 1.29 is 19.4 Å². The lowest BCUT2D eigenvalue weighted by atomic mass is 10.0. The van der Waals surface area contributed by atoms with Gasteiger partial charge in [-0.3, -0.25) is 4.79 Å². The summed E-state index contributed by atoms with van der Waals surface area (Å²) < 4.78 is 5.52. The fraction of sp³-hybridized carbons (Fsp3) is 0.867. The molecule has 2 amide bonds. The van der Waals surface area contributed by atoms with E-state index < -0.39 is 5.97 Å². The van der Waals surface area contributed by atoms with Gasteiger partial charge in [0, 0.05) is 19.6 Å². The van der Waals surface area contributed by atoms with Gasteiger partial charge in [0.15, 0.2) is 0 Å². The smallest absolute Gasteiger partial charge is 0.317 e. The molecule has 6 heteroatoms. The van der Waals surface area contributed by atoms with E-state index in [1.54, 1.807) is 0 Å². The third-order valence-electron chi connectivity index (χ3n) is 4.72. The summed E-state index contributed by atoms with van der Waals surface area (Å²) in [6.45, 7) is 4.59. The van der Waals surface area contributed by atoms with Crippen LogP contribution in [-0.2, 0) is 9.53 Å². The van der Waals surface area contributed by atoms with Gasteiger partial charge >= 0.3 is 12.0 Å². The summed E-state index contributed by atoms with van der Waals surface area (Å²) in [6.07, 6.45) is 5.27. The number of carboxylic acid groups (broad SMARTS) is 1. The van der Waals surface area contributed by atoms with Gasteiger partial charge in [0.1, 0.15) is 0 Å². The molecule has 0 unspecified atom stereocenters. The SMILES string of the molecule is CCC1(CNC(=O)N2CCC(OCCC(=O)O)CC2)CC1. The fourth-order valence-electron chi connectivity index (χ4n) is 2.75. The molecule has 0 aromatic carbocycles. The summed E-state index contributed by atoms with van der Waals surface area (Å²) in [6, 6.07) is 0.0266. The standard InChI is InChI=1S/C15H26N2O4/c1-2-15(6-7-15)11-16-14(20)17-8-3-12(4-9-17)21-10-5-13(18)19/h12H,2-11H2,1H3,(H,16,20)(H,18,19). The molecular weight excluding hydrogens is 272 g/mol. The number of urea groups is 1. The number of carbonyl (C=O) groups excluding carboxylic acids is 1. The summed E-state index contributed by atoms with van der Waals surface area (Å²) in [4.78, 5) is 24.4. The maximum absolute atomic E-state index is 12.1. The minimum atomic E-state index is -0.836. The number of hydrogen-bond acceptors (Lipinski definition) is 3. The van der Waals surface area contributed by atoms with E-state index >= 15 is 0 Å². The first-order chi connectivity index (χ1) is 10.0. The number of amides is 2. The molecule has 2 rings (SSSR count). The van der Waals surface area contributed by atoms with Gasteiger partial charge in [-0.25, -0.2) is 4.79 Å². The Morgan fingerprint density at radius 1 is 1.33 bits per heavy atom. The molecule has 1 saturated carbocycles. The third kappa shape index (κ3) is 4.88. The van der Waals surface area contributed by atoms with Crippen molar-refractivity contribution >= 4 is 12.0 Å². The predicted octanol–water partition coefficient (Wildman–Crippen LogP) is 1.84. The van der Waals surface area contributed by atoms with Gasteiger partial charge in [-0.15, -0.1) is 0 Å².